The van der Waals surface area contributed by atoms with Crippen molar-refractivity contribution in [2.24, 2.45) is 0 Å². The van der Waals surface area contributed by atoms with Gasteiger partial charge in [-0.15, -0.1) is 0 Å². The second-order valence-electron chi connectivity index (χ2n) is 4.03. The van der Waals surface area contributed by atoms with Crippen LogP contribution in [0.2, 0.25) is 0 Å². The van der Waals surface area contributed by atoms with E-state index in [-0.39, 0.29) is 0 Å². The highest BCUT2D eigenvalue weighted by Crippen LogP contribution is 2.31. The minimum atomic E-state index is 0.952. The molecule has 2 aromatic heterocycles. The molecule has 0 saturated heterocycles. The molecule has 0 fully saturated rings. The molecule has 0 atom stereocenters. The van der Waals surface area contributed by atoms with Crippen LogP contribution in [0.25, 0.3) is 0 Å². The number of hydrogen-bond donors (Lipinski definition) is 0. The molecule has 0 aliphatic heterocycles. The van der Waals surface area contributed by atoms with E-state index in [1.165, 1.54) is 5.56 Å². The number of aryl methyl sites for hydroxylation is 3. The van der Waals surface area contributed by atoms with Crippen molar-refractivity contribution in [3.8, 4) is 0 Å². The lowest BCUT2D eigenvalue weighted by Crippen LogP contribution is -1.89. The summed E-state index contributed by atoms with van der Waals surface area (Å²) in [5.41, 5.74) is 3.41. The maximum atomic E-state index is 4.49. The van der Waals surface area contributed by atoms with Crippen molar-refractivity contribution >= 4 is 27.7 Å². The van der Waals surface area contributed by atoms with Gasteiger partial charge in [0.05, 0.1) is 4.47 Å². The molecule has 0 aromatic carbocycles. The maximum absolute atomic E-state index is 4.49. The Morgan fingerprint density at radius 1 is 1.06 bits per heavy atom. The lowest BCUT2D eigenvalue weighted by atomic mass is 10.3. The monoisotopic (exact) mass is 308 g/mol. The topological polar surface area (TPSA) is 25.8 Å². The van der Waals surface area contributed by atoms with Crippen LogP contribution in [-0.2, 0) is 0 Å². The Kier molecular flexibility index (Phi) is 3.84. The minimum Gasteiger partial charge on any atom is -0.248 e. The van der Waals surface area contributed by atoms with Gasteiger partial charge in [-0.3, -0.25) is 0 Å². The summed E-state index contributed by atoms with van der Waals surface area (Å²) in [5.74, 6) is 0. The Labute approximate surface area is 114 Å². The Morgan fingerprint density at radius 3 is 2.47 bits per heavy atom. The lowest BCUT2D eigenvalue weighted by molar-refractivity contribution is 1.03. The lowest BCUT2D eigenvalue weighted by Gasteiger charge is -2.05. The van der Waals surface area contributed by atoms with Gasteiger partial charge >= 0.3 is 0 Å². The SMILES string of the molecule is Cc1cc(C)nc(Sc2ncc(C)cc2Br)c1. The third-order valence-corrected chi connectivity index (χ3v) is 4.02. The van der Waals surface area contributed by atoms with Gasteiger partial charge in [0, 0.05) is 11.9 Å². The fraction of sp³-hybridized carbons (Fsp3) is 0.231. The number of hydrogen-bond acceptors (Lipinski definition) is 3. The Morgan fingerprint density at radius 2 is 1.82 bits per heavy atom. The highest BCUT2D eigenvalue weighted by atomic mass is 79.9. The van der Waals surface area contributed by atoms with E-state index >= 15 is 0 Å². The maximum Gasteiger partial charge on any atom is 0.116 e. The summed E-state index contributed by atoms with van der Waals surface area (Å²) < 4.78 is 1.02. The Bertz CT molecular complexity index is 535. The van der Waals surface area contributed by atoms with Crippen molar-refractivity contribution in [1.82, 2.24) is 9.97 Å². The van der Waals surface area contributed by atoms with Crippen molar-refractivity contribution < 1.29 is 0 Å². The van der Waals surface area contributed by atoms with Crippen LogP contribution in [-0.4, -0.2) is 9.97 Å². The van der Waals surface area contributed by atoms with Gasteiger partial charge in [-0.25, -0.2) is 9.97 Å². The third kappa shape index (κ3) is 3.30. The van der Waals surface area contributed by atoms with E-state index in [0.29, 0.717) is 0 Å². The first-order chi connectivity index (χ1) is 8.04. The first kappa shape index (κ1) is 12.6. The number of aromatic nitrogens is 2. The van der Waals surface area contributed by atoms with E-state index in [2.05, 4.69) is 51.0 Å². The molecule has 0 aliphatic rings. The van der Waals surface area contributed by atoms with Gasteiger partial charge in [0.15, 0.2) is 0 Å². The number of pyridine rings is 2. The van der Waals surface area contributed by atoms with E-state index in [0.717, 1.165) is 25.8 Å². The van der Waals surface area contributed by atoms with Gasteiger partial charge in [-0.2, -0.15) is 0 Å². The molecule has 4 heteroatoms. The molecule has 0 aliphatic carbocycles. The normalized spacial score (nSPS) is 10.6. The van der Waals surface area contributed by atoms with E-state index < -0.39 is 0 Å². The first-order valence-electron chi connectivity index (χ1n) is 5.30. The molecule has 0 amide bonds. The molecule has 0 saturated carbocycles. The predicted octanol–water partition coefficient (Wildman–Crippen LogP) is 4.32. The van der Waals surface area contributed by atoms with Crippen LogP contribution in [0.5, 0.6) is 0 Å². The summed E-state index contributed by atoms with van der Waals surface area (Å²) in [6.07, 6.45) is 1.87. The second-order valence-corrected chi connectivity index (χ2v) is 5.89. The molecule has 0 spiro atoms. The summed E-state index contributed by atoms with van der Waals surface area (Å²) in [7, 11) is 0. The molecule has 2 nitrogen and oxygen atoms in total. The summed E-state index contributed by atoms with van der Waals surface area (Å²) >= 11 is 5.11. The molecule has 0 radical (unpaired) electrons. The molecular weight excluding hydrogens is 296 g/mol. The van der Waals surface area contributed by atoms with Crippen molar-refractivity contribution in [2.45, 2.75) is 30.8 Å². The van der Waals surface area contributed by atoms with Crippen molar-refractivity contribution in [2.75, 3.05) is 0 Å². The first-order valence-corrected chi connectivity index (χ1v) is 6.91. The van der Waals surface area contributed by atoms with Crippen molar-refractivity contribution in [3.63, 3.8) is 0 Å². The third-order valence-electron chi connectivity index (χ3n) is 2.22. The molecule has 2 rings (SSSR count). The average molecular weight is 309 g/mol. The molecule has 17 heavy (non-hydrogen) atoms. The van der Waals surface area contributed by atoms with Crippen LogP contribution >= 0.6 is 27.7 Å². The standard InChI is InChI=1S/C13H13BrN2S/c1-8-4-10(3)16-12(6-8)17-13-11(14)5-9(2)7-15-13/h4-7H,1-3H3. The number of nitrogens with zero attached hydrogens (tertiary/aromatic N) is 2. The Hall–Kier alpha value is -0.870. The summed E-state index contributed by atoms with van der Waals surface area (Å²) in [6, 6.07) is 6.21. The van der Waals surface area contributed by atoms with E-state index in [4.69, 9.17) is 0 Å². The predicted molar refractivity (Wildman–Crippen MR) is 74.5 cm³/mol. The Balaban J connectivity index is 2.31. The largest absolute Gasteiger partial charge is 0.248 e. The molecule has 88 valence electrons. The molecule has 0 unspecified atom stereocenters. The van der Waals surface area contributed by atoms with E-state index in [9.17, 15) is 0 Å². The van der Waals surface area contributed by atoms with Crippen molar-refractivity contribution in [1.29, 1.82) is 0 Å². The van der Waals surface area contributed by atoms with Crippen LogP contribution in [0.1, 0.15) is 16.8 Å². The zero-order valence-corrected chi connectivity index (χ0v) is 12.4. The van der Waals surface area contributed by atoms with E-state index in [1.807, 2.05) is 20.0 Å². The van der Waals surface area contributed by atoms with Gasteiger partial charge in [0.25, 0.3) is 0 Å². The van der Waals surface area contributed by atoms with Crippen LogP contribution in [0.15, 0.2) is 38.9 Å². The number of halogens is 1. The highest BCUT2D eigenvalue weighted by Gasteiger charge is 2.06. The molecular formula is C13H13BrN2S. The highest BCUT2D eigenvalue weighted by molar-refractivity contribution is 9.10. The molecule has 0 bridgehead atoms. The van der Waals surface area contributed by atoms with Crippen LogP contribution < -0.4 is 0 Å². The summed E-state index contributed by atoms with van der Waals surface area (Å²) in [6.45, 7) is 6.12. The second kappa shape index (κ2) is 5.19. The fourth-order valence-electron chi connectivity index (χ4n) is 1.55. The van der Waals surface area contributed by atoms with Gasteiger partial charge in [0.1, 0.15) is 10.1 Å². The van der Waals surface area contributed by atoms with Crippen LogP contribution in [0.3, 0.4) is 0 Å². The van der Waals surface area contributed by atoms with Gasteiger partial charge in [-0.05, 0) is 77.8 Å². The molecule has 2 aromatic rings. The van der Waals surface area contributed by atoms with Crippen LogP contribution in [0, 0.1) is 20.8 Å². The van der Waals surface area contributed by atoms with Gasteiger partial charge in [0.2, 0.25) is 0 Å². The zero-order valence-electron chi connectivity index (χ0n) is 9.99. The fourth-order valence-corrected chi connectivity index (χ4v) is 3.15. The van der Waals surface area contributed by atoms with Crippen molar-refractivity contribution in [3.05, 3.63) is 45.7 Å². The minimum absolute atomic E-state index is 0.952. The van der Waals surface area contributed by atoms with Gasteiger partial charge < -0.3 is 0 Å². The smallest absolute Gasteiger partial charge is 0.116 e. The van der Waals surface area contributed by atoms with E-state index in [1.54, 1.807) is 11.8 Å². The van der Waals surface area contributed by atoms with Crippen LogP contribution in [0.4, 0.5) is 0 Å². The summed E-state index contributed by atoms with van der Waals surface area (Å²) in [5, 5.41) is 1.94. The molecule has 2 heterocycles. The number of rotatable bonds is 2. The average Bonchev–Trinajstić information content (AvgIpc) is 2.21. The van der Waals surface area contributed by atoms with Gasteiger partial charge in [-0.1, -0.05) is 0 Å². The zero-order chi connectivity index (χ0) is 12.4. The molecule has 0 N–H and O–H groups in total. The quantitative estimate of drug-likeness (QED) is 0.826. The summed E-state index contributed by atoms with van der Waals surface area (Å²) in [4.78, 5) is 8.90.